The molecule has 0 radical (unpaired) electrons. The lowest BCUT2D eigenvalue weighted by atomic mass is 10.1. The van der Waals surface area contributed by atoms with Crippen molar-refractivity contribution in [2.45, 2.75) is 13.5 Å². The second-order valence-electron chi connectivity index (χ2n) is 6.64. The molecule has 8 nitrogen and oxygen atoms in total. The van der Waals surface area contributed by atoms with Crippen molar-refractivity contribution in [3.05, 3.63) is 51.9 Å². The molecule has 0 aliphatic carbocycles. The number of amides is 1. The molecule has 0 unspecified atom stereocenters. The molecular weight excluding hydrogens is 364 g/mol. The van der Waals surface area contributed by atoms with Gasteiger partial charge in [0.2, 0.25) is 0 Å². The zero-order valence-electron chi connectivity index (χ0n) is 15.0. The summed E-state index contributed by atoms with van der Waals surface area (Å²) in [5.74, 6) is 0.0288. The van der Waals surface area contributed by atoms with Crippen LogP contribution in [0.4, 0.5) is 0 Å². The van der Waals surface area contributed by atoms with E-state index in [2.05, 4.69) is 18.7 Å². The fourth-order valence-electron chi connectivity index (χ4n) is 3.22. The highest BCUT2D eigenvalue weighted by atomic mass is 32.1. The van der Waals surface area contributed by atoms with Gasteiger partial charge in [-0.3, -0.25) is 14.5 Å². The number of hydrogen-bond acceptors (Lipinski definition) is 7. The van der Waals surface area contributed by atoms with E-state index >= 15 is 0 Å². The van der Waals surface area contributed by atoms with Crippen LogP contribution in [0.5, 0.6) is 0 Å². The topological polar surface area (TPSA) is 84.2 Å². The normalized spacial score (nSPS) is 15.4. The second-order valence-corrected chi connectivity index (χ2v) is 7.17. The second kappa shape index (κ2) is 7.53. The van der Waals surface area contributed by atoms with Gasteiger partial charge in [-0.25, -0.2) is 4.68 Å². The van der Waals surface area contributed by atoms with Crippen LogP contribution in [-0.2, 0) is 6.54 Å². The third kappa shape index (κ3) is 3.88. The zero-order valence-corrected chi connectivity index (χ0v) is 15.9. The summed E-state index contributed by atoms with van der Waals surface area (Å²) in [5, 5.41) is 4.26. The number of piperazine rings is 1. The van der Waals surface area contributed by atoms with Gasteiger partial charge in [0, 0.05) is 44.4 Å². The summed E-state index contributed by atoms with van der Waals surface area (Å²) in [6, 6.07) is 8.74. The maximum Gasteiger partial charge on any atom is 0.266 e. The third-order valence-corrected chi connectivity index (χ3v) is 5.34. The van der Waals surface area contributed by atoms with Gasteiger partial charge in [-0.2, -0.15) is 13.8 Å². The molecule has 0 saturated carbocycles. The van der Waals surface area contributed by atoms with Crippen LogP contribution < -0.4 is 5.56 Å². The Labute approximate surface area is 160 Å². The minimum Gasteiger partial charge on any atom is -0.336 e. The van der Waals surface area contributed by atoms with E-state index in [4.69, 9.17) is 0 Å². The molecule has 1 aromatic carbocycles. The molecule has 3 heterocycles. The smallest absolute Gasteiger partial charge is 0.266 e. The Morgan fingerprint density at radius 2 is 1.81 bits per heavy atom. The lowest BCUT2D eigenvalue weighted by Crippen LogP contribution is -2.49. The first kappa shape index (κ1) is 17.7. The molecule has 4 rings (SSSR count). The van der Waals surface area contributed by atoms with Crippen LogP contribution in [0, 0.1) is 6.92 Å². The minimum absolute atomic E-state index is 0.0288. The van der Waals surface area contributed by atoms with Gasteiger partial charge in [-0.05, 0) is 31.2 Å². The Morgan fingerprint density at radius 1 is 1.04 bits per heavy atom. The predicted octanol–water partition coefficient (Wildman–Crippen LogP) is 1.01. The number of hydrogen-bond donors (Lipinski definition) is 0. The summed E-state index contributed by atoms with van der Waals surface area (Å²) in [5.41, 5.74) is 2.99. The Balaban J connectivity index is 1.33. The first-order valence-corrected chi connectivity index (χ1v) is 9.62. The van der Waals surface area contributed by atoms with E-state index < -0.39 is 0 Å². The number of rotatable bonds is 4. The number of carbonyl (C=O) groups excluding carboxylic acids is 1. The number of carbonyl (C=O) groups is 1. The quantitative estimate of drug-likeness (QED) is 0.668. The lowest BCUT2D eigenvalue weighted by molar-refractivity contribution is 0.0631. The van der Waals surface area contributed by atoms with E-state index in [9.17, 15) is 9.59 Å². The average molecular weight is 384 g/mol. The molecule has 1 aliphatic rings. The van der Waals surface area contributed by atoms with Crippen molar-refractivity contribution in [2.24, 2.45) is 0 Å². The van der Waals surface area contributed by atoms with Crippen molar-refractivity contribution >= 4 is 28.7 Å². The van der Waals surface area contributed by atoms with Crippen LogP contribution in [0.2, 0.25) is 0 Å². The Kier molecular flexibility index (Phi) is 4.95. The molecule has 1 aliphatic heterocycles. The fraction of sp³-hybridized carbons (Fsp3) is 0.389. The highest BCUT2D eigenvalue weighted by Gasteiger charge is 2.22. The van der Waals surface area contributed by atoms with E-state index in [1.165, 1.54) is 4.68 Å². The average Bonchev–Trinajstić information content (AvgIpc) is 3.16. The molecule has 27 heavy (non-hydrogen) atoms. The molecular formula is C18H20N6O2S. The lowest BCUT2D eigenvalue weighted by Gasteiger charge is -2.34. The summed E-state index contributed by atoms with van der Waals surface area (Å²) < 4.78 is 9.88. The van der Waals surface area contributed by atoms with Crippen molar-refractivity contribution in [2.75, 3.05) is 32.7 Å². The van der Waals surface area contributed by atoms with Gasteiger partial charge in [0.05, 0.1) is 24.0 Å². The van der Waals surface area contributed by atoms with Gasteiger partial charge in [0.1, 0.15) is 11.0 Å². The van der Waals surface area contributed by atoms with Crippen LogP contribution in [0.25, 0.3) is 11.0 Å². The van der Waals surface area contributed by atoms with Gasteiger partial charge in [0.15, 0.2) is 0 Å². The van der Waals surface area contributed by atoms with Crippen LogP contribution in [0.15, 0.2) is 35.1 Å². The molecule has 1 amide bonds. The maximum absolute atomic E-state index is 12.7. The minimum atomic E-state index is -0.0821. The number of fused-ring (bicyclic) bond motifs is 1. The Morgan fingerprint density at radius 3 is 2.63 bits per heavy atom. The van der Waals surface area contributed by atoms with Gasteiger partial charge in [0.25, 0.3) is 11.5 Å². The number of nitrogens with zero attached hydrogens (tertiary/aromatic N) is 6. The van der Waals surface area contributed by atoms with Gasteiger partial charge in [-0.15, -0.1) is 0 Å². The van der Waals surface area contributed by atoms with Crippen molar-refractivity contribution in [3.63, 3.8) is 0 Å². The molecule has 1 saturated heterocycles. The van der Waals surface area contributed by atoms with Crippen LogP contribution in [0.1, 0.15) is 16.1 Å². The first-order valence-electron chi connectivity index (χ1n) is 8.89. The first-order chi connectivity index (χ1) is 13.1. The third-order valence-electron chi connectivity index (χ3n) is 4.79. The summed E-state index contributed by atoms with van der Waals surface area (Å²) in [6.45, 7) is 6.08. The van der Waals surface area contributed by atoms with Crippen molar-refractivity contribution in [1.29, 1.82) is 0 Å². The number of aromatic nitrogens is 4. The monoisotopic (exact) mass is 384 g/mol. The molecule has 2 aromatic heterocycles. The Hall–Kier alpha value is -2.65. The molecule has 3 aromatic rings. The summed E-state index contributed by atoms with van der Waals surface area (Å²) in [4.78, 5) is 28.7. The summed E-state index contributed by atoms with van der Waals surface area (Å²) in [7, 11) is 0. The molecule has 0 spiro atoms. The predicted molar refractivity (Wildman–Crippen MR) is 103 cm³/mol. The van der Waals surface area contributed by atoms with Crippen molar-refractivity contribution in [3.8, 4) is 0 Å². The molecule has 140 valence electrons. The summed E-state index contributed by atoms with van der Waals surface area (Å²) in [6.07, 6.45) is 0. The van der Waals surface area contributed by atoms with Crippen molar-refractivity contribution < 1.29 is 4.79 Å². The van der Waals surface area contributed by atoms with E-state index in [1.807, 2.05) is 30.0 Å². The largest absolute Gasteiger partial charge is 0.336 e. The zero-order chi connectivity index (χ0) is 18.8. The van der Waals surface area contributed by atoms with E-state index in [0.717, 1.165) is 48.1 Å². The van der Waals surface area contributed by atoms with Crippen LogP contribution in [0.3, 0.4) is 0 Å². The SMILES string of the molecule is Cc1ccc(=O)n(CCN2CCN(C(=O)c3ccc4nsnc4c3)CC2)n1. The molecule has 0 atom stereocenters. The van der Waals surface area contributed by atoms with Gasteiger partial charge >= 0.3 is 0 Å². The van der Waals surface area contributed by atoms with Gasteiger partial charge < -0.3 is 4.90 Å². The van der Waals surface area contributed by atoms with Gasteiger partial charge in [-0.1, -0.05) is 0 Å². The number of benzene rings is 1. The molecule has 9 heteroatoms. The van der Waals surface area contributed by atoms with E-state index in [0.29, 0.717) is 25.2 Å². The van der Waals surface area contributed by atoms with E-state index in [-0.39, 0.29) is 11.5 Å². The van der Waals surface area contributed by atoms with E-state index in [1.54, 1.807) is 12.1 Å². The Bertz CT molecular complexity index is 1020. The van der Waals surface area contributed by atoms with Crippen LogP contribution in [-0.4, -0.2) is 67.0 Å². The van der Waals surface area contributed by atoms with Crippen LogP contribution >= 0.6 is 11.7 Å². The molecule has 0 bridgehead atoms. The highest BCUT2D eigenvalue weighted by molar-refractivity contribution is 7.00. The molecule has 0 N–H and O–H groups in total. The molecule has 1 fully saturated rings. The highest BCUT2D eigenvalue weighted by Crippen LogP contribution is 2.16. The summed E-state index contributed by atoms with van der Waals surface area (Å²) >= 11 is 1.15. The van der Waals surface area contributed by atoms with Crippen molar-refractivity contribution in [1.82, 2.24) is 28.3 Å². The maximum atomic E-state index is 12.7. The number of aryl methyl sites for hydroxylation is 1. The fourth-order valence-corrected chi connectivity index (χ4v) is 3.74. The standard InChI is InChI=1S/C18H20N6O2S/c1-13-2-5-17(25)24(19-13)11-8-22-6-9-23(10-7-22)18(26)14-3-4-15-16(12-14)21-27-20-15/h2-5,12H,6-11H2,1H3.